The first-order chi connectivity index (χ1) is 10.6. The van der Waals surface area contributed by atoms with Crippen LogP contribution in [0.1, 0.15) is 45.4 Å². The number of rotatable bonds is 5. The highest BCUT2D eigenvalue weighted by Crippen LogP contribution is 2.18. The van der Waals surface area contributed by atoms with E-state index in [1.807, 2.05) is 0 Å². The van der Waals surface area contributed by atoms with Gasteiger partial charge in [0.05, 0.1) is 6.04 Å². The largest absolute Gasteiger partial charge is 0.340 e. The van der Waals surface area contributed by atoms with Gasteiger partial charge in [-0.25, -0.2) is 0 Å². The van der Waals surface area contributed by atoms with Crippen molar-refractivity contribution in [1.29, 1.82) is 0 Å². The van der Waals surface area contributed by atoms with E-state index in [1.165, 1.54) is 12.8 Å². The average molecular weight is 310 g/mol. The topological polar surface area (TPSA) is 52.8 Å². The molecule has 2 saturated heterocycles. The molecule has 0 unspecified atom stereocenters. The fourth-order valence-electron chi connectivity index (χ4n) is 3.59. The van der Waals surface area contributed by atoms with Crippen LogP contribution in [0.15, 0.2) is 0 Å². The van der Waals surface area contributed by atoms with Gasteiger partial charge in [-0.15, -0.1) is 0 Å². The molecular weight excluding hydrogens is 276 g/mol. The first-order valence-corrected chi connectivity index (χ1v) is 9.08. The molecule has 2 rings (SSSR count). The third kappa shape index (κ3) is 4.93. The molecule has 1 amide bonds. The molecule has 0 saturated carbocycles. The Labute approximate surface area is 135 Å². The van der Waals surface area contributed by atoms with Crippen LogP contribution in [0.5, 0.6) is 0 Å². The van der Waals surface area contributed by atoms with Crippen molar-refractivity contribution >= 4 is 5.91 Å². The summed E-state index contributed by atoms with van der Waals surface area (Å²) in [6.07, 6.45) is 6.54. The van der Waals surface area contributed by atoms with Crippen LogP contribution >= 0.6 is 0 Å². The van der Waals surface area contributed by atoms with E-state index in [9.17, 15) is 4.79 Å². The minimum atomic E-state index is -0.300. The third-order valence-electron chi connectivity index (χ3n) is 5.20. The molecule has 5 heteroatoms. The molecule has 2 fully saturated rings. The van der Waals surface area contributed by atoms with E-state index in [0.717, 1.165) is 65.0 Å². The fourth-order valence-corrected chi connectivity index (χ4v) is 3.59. The lowest BCUT2D eigenvalue weighted by Gasteiger charge is -2.39. The summed E-state index contributed by atoms with van der Waals surface area (Å²) in [6.45, 7) is 8.45. The number of unbranched alkanes of at least 4 members (excludes halogenated alkanes) is 1. The quantitative estimate of drug-likeness (QED) is 0.827. The minimum Gasteiger partial charge on any atom is -0.340 e. The third-order valence-corrected chi connectivity index (χ3v) is 5.20. The molecule has 22 heavy (non-hydrogen) atoms. The lowest BCUT2D eigenvalue weighted by atomic mass is 10.1. The second-order valence-corrected chi connectivity index (χ2v) is 7.02. The van der Waals surface area contributed by atoms with E-state index in [4.69, 9.17) is 5.73 Å². The predicted octanol–water partition coefficient (Wildman–Crippen LogP) is 1.13. The summed E-state index contributed by atoms with van der Waals surface area (Å²) < 4.78 is 0. The van der Waals surface area contributed by atoms with E-state index < -0.39 is 0 Å². The highest BCUT2D eigenvalue weighted by molar-refractivity contribution is 5.81. The first-order valence-electron chi connectivity index (χ1n) is 9.08. The van der Waals surface area contributed by atoms with Crippen molar-refractivity contribution < 1.29 is 4.79 Å². The number of hydrogen-bond acceptors (Lipinski definition) is 4. The van der Waals surface area contributed by atoms with Gasteiger partial charge < -0.3 is 15.5 Å². The summed E-state index contributed by atoms with van der Waals surface area (Å²) >= 11 is 0. The molecule has 128 valence electrons. The summed E-state index contributed by atoms with van der Waals surface area (Å²) in [5.41, 5.74) is 6.12. The van der Waals surface area contributed by atoms with Crippen LogP contribution in [0.4, 0.5) is 0 Å². The number of nitrogens with zero attached hydrogens (tertiary/aromatic N) is 3. The van der Waals surface area contributed by atoms with Gasteiger partial charge in [-0.1, -0.05) is 26.2 Å². The molecule has 0 aliphatic carbocycles. The maximum atomic E-state index is 12.6. The Morgan fingerprint density at radius 2 is 1.91 bits per heavy atom. The van der Waals surface area contributed by atoms with E-state index in [1.54, 1.807) is 0 Å². The SMILES string of the molecule is CCCC[C@@H](N)C(=O)N1CCCC[C@H](N2CCN(C)CC2)C1. The zero-order valence-corrected chi connectivity index (χ0v) is 14.5. The van der Waals surface area contributed by atoms with Crippen molar-refractivity contribution in [2.45, 2.75) is 57.5 Å². The average Bonchev–Trinajstić information content (AvgIpc) is 2.78. The van der Waals surface area contributed by atoms with Crippen LogP contribution in [0.2, 0.25) is 0 Å². The van der Waals surface area contributed by atoms with E-state index >= 15 is 0 Å². The second kappa shape index (κ2) is 8.85. The van der Waals surface area contributed by atoms with Crippen LogP contribution in [0.25, 0.3) is 0 Å². The zero-order valence-electron chi connectivity index (χ0n) is 14.5. The summed E-state index contributed by atoms with van der Waals surface area (Å²) in [4.78, 5) is 19.6. The lowest BCUT2D eigenvalue weighted by Crippen LogP contribution is -2.54. The van der Waals surface area contributed by atoms with Gasteiger partial charge in [0.1, 0.15) is 0 Å². The Morgan fingerprint density at radius 1 is 1.18 bits per heavy atom. The van der Waals surface area contributed by atoms with Gasteiger partial charge in [-0.2, -0.15) is 0 Å². The highest BCUT2D eigenvalue weighted by atomic mass is 16.2. The molecule has 0 bridgehead atoms. The Morgan fingerprint density at radius 3 is 2.59 bits per heavy atom. The molecule has 2 atom stereocenters. The van der Waals surface area contributed by atoms with E-state index in [-0.39, 0.29) is 11.9 Å². The minimum absolute atomic E-state index is 0.175. The van der Waals surface area contributed by atoms with Crippen LogP contribution in [0.3, 0.4) is 0 Å². The number of piperazine rings is 1. The molecule has 2 aliphatic rings. The van der Waals surface area contributed by atoms with Crippen molar-refractivity contribution in [3.05, 3.63) is 0 Å². The number of hydrogen-bond donors (Lipinski definition) is 1. The molecule has 5 nitrogen and oxygen atoms in total. The zero-order chi connectivity index (χ0) is 15.9. The summed E-state index contributed by atoms with van der Waals surface area (Å²) in [5, 5.41) is 0. The number of amides is 1. The van der Waals surface area contributed by atoms with Crippen LogP contribution in [-0.4, -0.2) is 79.0 Å². The number of carbonyl (C=O) groups excluding carboxylic acids is 1. The van der Waals surface area contributed by atoms with Gasteiger partial charge in [0.2, 0.25) is 5.91 Å². The van der Waals surface area contributed by atoms with Crippen LogP contribution in [-0.2, 0) is 4.79 Å². The summed E-state index contributed by atoms with van der Waals surface area (Å²) in [5.74, 6) is 0.175. The highest BCUT2D eigenvalue weighted by Gasteiger charge is 2.29. The van der Waals surface area contributed by atoms with Crippen molar-refractivity contribution in [3.63, 3.8) is 0 Å². The monoisotopic (exact) mass is 310 g/mol. The summed E-state index contributed by atoms with van der Waals surface area (Å²) in [7, 11) is 2.19. The second-order valence-electron chi connectivity index (χ2n) is 7.02. The van der Waals surface area contributed by atoms with Gasteiger partial charge in [0, 0.05) is 45.3 Å². The van der Waals surface area contributed by atoms with E-state index in [2.05, 4.69) is 28.7 Å². The number of carbonyl (C=O) groups is 1. The fraction of sp³-hybridized carbons (Fsp3) is 0.941. The van der Waals surface area contributed by atoms with E-state index in [0.29, 0.717) is 6.04 Å². The van der Waals surface area contributed by atoms with Gasteiger partial charge in [0.15, 0.2) is 0 Å². The van der Waals surface area contributed by atoms with Gasteiger partial charge >= 0.3 is 0 Å². The Kier molecular flexibility index (Phi) is 7.12. The van der Waals surface area contributed by atoms with Crippen molar-refractivity contribution in [2.24, 2.45) is 5.73 Å². The Balaban J connectivity index is 1.90. The molecule has 0 radical (unpaired) electrons. The van der Waals surface area contributed by atoms with Crippen molar-refractivity contribution in [3.8, 4) is 0 Å². The maximum absolute atomic E-state index is 12.6. The van der Waals surface area contributed by atoms with Gasteiger partial charge in [-0.05, 0) is 26.3 Å². The molecule has 0 spiro atoms. The normalized spacial score (nSPS) is 26.7. The van der Waals surface area contributed by atoms with Gasteiger partial charge in [0.25, 0.3) is 0 Å². The lowest BCUT2D eigenvalue weighted by molar-refractivity contribution is -0.133. The molecule has 2 aliphatic heterocycles. The summed E-state index contributed by atoms with van der Waals surface area (Å²) in [6, 6.07) is 0.227. The molecular formula is C17H34N4O. The number of nitrogens with two attached hydrogens (primary N) is 1. The standard InChI is InChI=1S/C17H34N4O/c1-3-4-8-16(18)17(22)21-9-6-5-7-15(14-21)20-12-10-19(2)11-13-20/h15-16H,3-14,18H2,1-2H3/t15-,16+/m0/s1. The van der Waals surface area contributed by atoms with Crippen LogP contribution < -0.4 is 5.73 Å². The molecule has 0 aromatic heterocycles. The van der Waals surface area contributed by atoms with Crippen LogP contribution in [0, 0.1) is 0 Å². The molecule has 2 N–H and O–H groups in total. The molecule has 2 heterocycles. The Bertz CT molecular complexity index is 342. The molecule has 0 aromatic carbocycles. The van der Waals surface area contributed by atoms with Crippen molar-refractivity contribution in [1.82, 2.24) is 14.7 Å². The number of likely N-dealkylation sites (N-methyl/N-ethyl adjacent to an activating group) is 1. The smallest absolute Gasteiger partial charge is 0.239 e. The first kappa shape index (κ1) is 17.7. The Hall–Kier alpha value is -0.650. The van der Waals surface area contributed by atoms with Gasteiger partial charge in [-0.3, -0.25) is 9.69 Å². The van der Waals surface area contributed by atoms with Crippen molar-refractivity contribution in [2.75, 3.05) is 46.3 Å². The number of likely N-dealkylation sites (tertiary alicyclic amines) is 1. The predicted molar refractivity (Wildman–Crippen MR) is 90.8 cm³/mol. The maximum Gasteiger partial charge on any atom is 0.239 e. The molecule has 0 aromatic rings.